The summed E-state index contributed by atoms with van der Waals surface area (Å²) in [5, 5.41) is 4.15. The van der Waals surface area contributed by atoms with Crippen molar-refractivity contribution in [3.8, 4) is 0 Å². The smallest absolute Gasteiger partial charge is 0.225 e. The molecule has 0 aromatic carbocycles. The van der Waals surface area contributed by atoms with Crippen LogP contribution in [0.25, 0.3) is 0 Å². The van der Waals surface area contributed by atoms with Crippen molar-refractivity contribution in [1.82, 2.24) is 10.3 Å². The SMILES string of the molecule is CC.CC(C)N(N)C1=C(N)NC(=O)CC1. The average molecular weight is 214 g/mol. The molecule has 1 rings (SSSR count). The van der Waals surface area contributed by atoms with Crippen molar-refractivity contribution in [1.29, 1.82) is 0 Å². The van der Waals surface area contributed by atoms with Gasteiger partial charge in [-0.05, 0) is 13.8 Å². The largest absolute Gasteiger partial charge is 0.384 e. The van der Waals surface area contributed by atoms with E-state index in [4.69, 9.17) is 11.6 Å². The van der Waals surface area contributed by atoms with Gasteiger partial charge in [-0.25, -0.2) is 5.84 Å². The second-order valence-corrected chi connectivity index (χ2v) is 3.41. The molecule has 5 nitrogen and oxygen atoms in total. The molecule has 1 heterocycles. The van der Waals surface area contributed by atoms with Crippen LogP contribution in [0.5, 0.6) is 0 Å². The van der Waals surface area contributed by atoms with Crippen molar-refractivity contribution in [3.05, 3.63) is 11.5 Å². The Hall–Kier alpha value is -1.23. The Morgan fingerprint density at radius 2 is 1.87 bits per heavy atom. The minimum absolute atomic E-state index is 0.0431. The van der Waals surface area contributed by atoms with Crippen LogP contribution in [0.3, 0.4) is 0 Å². The number of rotatable bonds is 2. The standard InChI is InChI=1S/C8H16N4O.C2H6/c1-5(2)12(10)6-3-4-7(13)11-8(6)9;1-2/h5H,3-4,9-10H2,1-2H3,(H,11,13);1-2H3. The van der Waals surface area contributed by atoms with Crippen LogP contribution in [0.2, 0.25) is 0 Å². The predicted octanol–water partition coefficient (Wildman–Crippen LogP) is 0.635. The number of hydrogen-bond acceptors (Lipinski definition) is 4. The van der Waals surface area contributed by atoms with E-state index < -0.39 is 0 Å². The fraction of sp³-hybridized carbons (Fsp3) is 0.700. The van der Waals surface area contributed by atoms with Gasteiger partial charge in [-0.1, -0.05) is 13.8 Å². The number of nitrogens with zero attached hydrogens (tertiary/aromatic N) is 1. The van der Waals surface area contributed by atoms with E-state index in [1.807, 2.05) is 27.7 Å². The van der Waals surface area contributed by atoms with Crippen molar-refractivity contribution in [2.75, 3.05) is 0 Å². The van der Waals surface area contributed by atoms with Crippen LogP contribution in [0.1, 0.15) is 40.5 Å². The number of carbonyl (C=O) groups is 1. The Bertz CT molecular complexity index is 248. The molecule has 1 amide bonds. The third-order valence-electron chi connectivity index (χ3n) is 2.04. The normalized spacial score (nSPS) is 15.7. The molecule has 1 aliphatic rings. The van der Waals surface area contributed by atoms with Gasteiger partial charge < -0.3 is 16.1 Å². The first kappa shape index (κ1) is 13.8. The van der Waals surface area contributed by atoms with E-state index in [9.17, 15) is 4.79 Å². The Morgan fingerprint density at radius 3 is 2.27 bits per heavy atom. The highest BCUT2D eigenvalue weighted by Gasteiger charge is 2.20. The summed E-state index contributed by atoms with van der Waals surface area (Å²) in [6.07, 6.45) is 1.07. The van der Waals surface area contributed by atoms with Gasteiger partial charge in [0.05, 0.1) is 5.70 Å². The first-order chi connectivity index (χ1) is 7.02. The molecule has 0 aromatic heterocycles. The van der Waals surface area contributed by atoms with Gasteiger partial charge in [0.15, 0.2) is 0 Å². The Kier molecular flexibility index (Phi) is 5.77. The molecule has 88 valence electrons. The van der Waals surface area contributed by atoms with E-state index in [1.54, 1.807) is 5.01 Å². The van der Waals surface area contributed by atoms with Gasteiger partial charge >= 0.3 is 0 Å². The van der Waals surface area contributed by atoms with E-state index in [-0.39, 0.29) is 11.9 Å². The van der Waals surface area contributed by atoms with Crippen molar-refractivity contribution in [3.63, 3.8) is 0 Å². The van der Waals surface area contributed by atoms with Gasteiger partial charge in [-0.15, -0.1) is 0 Å². The highest BCUT2D eigenvalue weighted by molar-refractivity contribution is 5.79. The zero-order valence-corrected chi connectivity index (χ0v) is 10.0. The molecular weight excluding hydrogens is 192 g/mol. The van der Waals surface area contributed by atoms with E-state index in [0.29, 0.717) is 18.7 Å². The molecule has 0 saturated heterocycles. The van der Waals surface area contributed by atoms with Crippen molar-refractivity contribution >= 4 is 5.91 Å². The molecule has 15 heavy (non-hydrogen) atoms. The summed E-state index contributed by atoms with van der Waals surface area (Å²) in [4.78, 5) is 10.9. The molecule has 0 saturated carbocycles. The van der Waals surface area contributed by atoms with E-state index >= 15 is 0 Å². The maximum Gasteiger partial charge on any atom is 0.225 e. The van der Waals surface area contributed by atoms with Gasteiger partial charge in [0, 0.05) is 18.9 Å². The molecular formula is C10H22N4O. The zero-order chi connectivity index (χ0) is 12.0. The lowest BCUT2D eigenvalue weighted by atomic mass is 10.1. The van der Waals surface area contributed by atoms with E-state index in [1.165, 1.54) is 0 Å². The molecule has 0 bridgehead atoms. The highest BCUT2D eigenvalue weighted by Crippen LogP contribution is 2.15. The maximum atomic E-state index is 10.9. The number of nitrogens with two attached hydrogens (primary N) is 2. The van der Waals surface area contributed by atoms with Crippen LogP contribution in [0.4, 0.5) is 0 Å². The summed E-state index contributed by atoms with van der Waals surface area (Å²) < 4.78 is 0. The lowest BCUT2D eigenvalue weighted by molar-refractivity contribution is -0.121. The molecule has 5 heteroatoms. The molecule has 1 aliphatic heterocycles. The molecule has 0 atom stereocenters. The lowest BCUT2D eigenvalue weighted by Crippen LogP contribution is -2.43. The number of hydrazine groups is 1. The fourth-order valence-electron chi connectivity index (χ4n) is 1.23. The van der Waals surface area contributed by atoms with Gasteiger partial charge in [-0.3, -0.25) is 4.79 Å². The second-order valence-electron chi connectivity index (χ2n) is 3.41. The summed E-state index contributed by atoms with van der Waals surface area (Å²) in [6, 6.07) is 0.184. The van der Waals surface area contributed by atoms with Gasteiger partial charge in [0.2, 0.25) is 5.91 Å². The Labute approximate surface area is 91.5 Å². The number of allylic oxidation sites excluding steroid dienone is 1. The number of nitrogens with one attached hydrogen (secondary N) is 1. The van der Waals surface area contributed by atoms with Crippen molar-refractivity contribution in [2.24, 2.45) is 11.6 Å². The first-order valence-corrected chi connectivity index (χ1v) is 5.34. The summed E-state index contributed by atoms with van der Waals surface area (Å²) in [5.41, 5.74) is 6.45. The van der Waals surface area contributed by atoms with Gasteiger partial charge in [0.1, 0.15) is 5.82 Å². The van der Waals surface area contributed by atoms with Crippen molar-refractivity contribution < 1.29 is 4.79 Å². The quantitative estimate of drug-likeness (QED) is 0.465. The van der Waals surface area contributed by atoms with Crippen LogP contribution in [0, 0.1) is 0 Å². The van der Waals surface area contributed by atoms with Crippen LogP contribution < -0.4 is 16.9 Å². The third-order valence-corrected chi connectivity index (χ3v) is 2.04. The lowest BCUT2D eigenvalue weighted by Gasteiger charge is -2.29. The van der Waals surface area contributed by atoms with E-state index in [2.05, 4.69) is 5.32 Å². The molecule has 0 aromatic rings. The maximum absolute atomic E-state index is 10.9. The number of amides is 1. The van der Waals surface area contributed by atoms with Crippen LogP contribution in [-0.2, 0) is 4.79 Å². The second kappa shape index (κ2) is 6.29. The van der Waals surface area contributed by atoms with Crippen LogP contribution >= 0.6 is 0 Å². The molecule has 0 unspecified atom stereocenters. The number of hydrogen-bond donors (Lipinski definition) is 3. The van der Waals surface area contributed by atoms with Crippen molar-refractivity contribution in [2.45, 2.75) is 46.6 Å². The third kappa shape index (κ3) is 3.79. The topological polar surface area (TPSA) is 84.4 Å². The summed E-state index contributed by atoms with van der Waals surface area (Å²) >= 11 is 0. The summed E-state index contributed by atoms with van der Waals surface area (Å²) in [7, 11) is 0. The zero-order valence-electron chi connectivity index (χ0n) is 10.0. The highest BCUT2D eigenvalue weighted by atomic mass is 16.1. The molecule has 5 N–H and O–H groups in total. The van der Waals surface area contributed by atoms with Crippen LogP contribution in [-0.4, -0.2) is 17.0 Å². The molecule has 0 aliphatic carbocycles. The molecule has 0 radical (unpaired) electrons. The first-order valence-electron chi connectivity index (χ1n) is 5.34. The molecule has 0 spiro atoms. The monoisotopic (exact) mass is 214 g/mol. The summed E-state index contributed by atoms with van der Waals surface area (Å²) in [5.74, 6) is 6.11. The Morgan fingerprint density at radius 1 is 1.33 bits per heavy atom. The minimum atomic E-state index is -0.0431. The Balaban J connectivity index is 0.000000921. The van der Waals surface area contributed by atoms with Gasteiger partial charge in [0.25, 0.3) is 0 Å². The number of carbonyl (C=O) groups excluding carboxylic acids is 1. The summed E-state index contributed by atoms with van der Waals surface area (Å²) in [6.45, 7) is 7.94. The average Bonchev–Trinajstić information content (AvgIpc) is 2.20. The van der Waals surface area contributed by atoms with E-state index in [0.717, 1.165) is 5.70 Å². The minimum Gasteiger partial charge on any atom is -0.384 e. The fourth-order valence-corrected chi connectivity index (χ4v) is 1.23. The van der Waals surface area contributed by atoms with Gasteiger partial charge in [-0.2, -0.15) is 0 Å². The van der Waals surface area contributed by atoms with Crippen LogP contribution in [0.15, 0.2) is 11.5 Å². The predicted molar refractivity (Wildman–Crippen MR) is 61.1 cm³/mol. The molecule has 0 fully saturated rings.